The molecule has 7 heteroatoms. The van der Waals surface area contributed by atoms with E-state index in [9.17, 15) is 0 Å². The van der Waals surface area contributed by atoms with Gasteiger partial charge in [0.15, 0.2) is 5.13 Å². The third-order valence-corrected chi connectivity index (χ3v) is 5.15. The molecule has 27 heavy (non-hydrogen) atoms. The van der Waals surface area contributed by atoms with Gasteiger partial charge in [0.2, 0.25) is 0 Å². The molecule has 2 N–H and O–H groups in total. The highest BCUT2D eigenvalue weighted by atomic mass is 32.1. The van der Waals surface area contributed by atoms with Crippen molar-refractivity contribution in [1.82, 2.24) is 15.0 Å². The minimum absolute atomic E-state index is 0.617. The van der Waals surface area contributed by atoms with E-state index in [-0.39, 0.29) is 0 Å². The molecule has 0 aliphatic carbocycles. The largest absolute Gasteiger partial charge is 0.494 e. The summed E-state index contributed by atoms with van der Waals surface area (Å²) in [6, 6.07) is 14.1. The number of hydrogen-bond donors (Lipinski definition) is 2. The molecule has 6 nitrogen and oxygen atoms in total. The first-order valence-corrected chi connectivity index (χ1v) is 9.35. The van der Waals surface area contributed by atoms with Crippen LogP contribution in [0.25, 0.3) is 21.5 Å². The number of benzene rings is 2. The van der Waals surface area contributed by atoms with Gasteiger partial charge in [-0.3, -0.25) is 4.98 Å². The molecule has 0 amide bonds. The van der Waals surface area contributed by atoms with Gasteiger partial charge in [0, 0.05) is 19.2 Å². The molecule has 2 heterocycles. The predicted molar refractivity (Wildman–Crippen MR) is 111 cm³/mol. The summed E-state index contributed by atoms with van der Waals surface area (Å²) >= 11 is 1.60. The van der Waals surface area contributed by atoms with Gasteiger partial charge in [-0.05, 0) is 17.7 Å². The molecule has 0 fully saturated rings. The normalized spacial score (nSPS) is 10.7. The van der Waals surface area contributed by atoms with Gasteiger partial charge in [0.05, 0.1) is 29.9 Å². The molecule has 0 saturated carbocycles. The number of aromatic nitrogens is 3. The molecule has 0 bridgehead atoms. The van der Waals surface area contributed by atoms with Crippen molar-refractivity contribution >= 4 is 32.5 Å². The Hall–Kier alpha value is -3.19. The number of methoxy groups -OCH3 is 1. The van der Waals surface area contributed by atoms with Crippen molar-refractivity contribution < 1.29 is 4.74 Å². The molecule has 0 atom stereocenters. The average Bonchev–Trinajstić information content (AvgIpc) is 3.16. The number of ether oxygens (including phenoxy) is 1. The number of hydrogen-bond acceptors (Lipinski definition) is 7. The van der Waals surface area contributed by atoms with Crippen molar-refractivity contribution in [3.05, 3.63) is 60.4 Å². The summed E-state index contributed by atoms with van der Waals surface area (Å²) in [5.41, 5.74) is 3.86. The van der Waals surface area contributed by atoms with E-state index >= 15 is 0 Å². The predicted octanol–water partition coefficient (Wildman–Crippen LogP) is 4.42. The Morgan fingerprint density at radius 1 is 1.07 bits per heavy atom. The molecule has 0 spiro atoms. The Kier molecular flexibility index (Phi) is 4.84. The fourth-order valence-corrected chi connectivity index (χ4v) is 3.71. The molecule has 0 saturated heterocycles. The first kappa shape index (κ1) is 17.2. The van der Waals surface area contributed by atoms with E-state index < -0.39 is 0 Å². The highest BCUT2D eigenvalue weighted by Gasteiger charge is 2.11. The lowest BCUT2D eigenvalue weighted by Crippen LogP contribution is -2.03. The molecule has 4 aromatic rings. The number of nitrogens with one attached hydrogen (secondary N) is 2. The van der Waals surface area contributed by atoms with E-state index in [1.807, 2.05) is 43.4 Å². The maximum Gasteiger partial charge on any atom is 0.183 e. The molecule has 0 radical (unpaired) electrons. The van der Waals surface area contributed by atoms with Crippen molar-refractivity contribution in [3.8, 4) is 17.0 Å². The second-order valence-corrected chi connectivity index (χ2v) is 6.95. The third kappa shape index (κ3) is 3.68. The van der Waals surface area contributed by atoms with Gasteiger partial charge in [0.25, 0.3) is 0 Å². The number of anilines is 2. The van der Waals surface area contributed by atoms with Crippen molar-refractivity contribution in [2.75, 3.05) is 24.8 Å². The summed E-state index contributed by atoms with van der Waals surface area (Å²) in [6.07, 6.45) is 3.50. The number of rotatable bonds is 6. The summed E-state index contributed by atoms with van der Waals surface area (Å²) in [6.45, 7) is 0.617. The zero-order valence-corrected chi connectivity index (χ0v) is 15.9. The molecular weight excluding hydrogens is 358 g/mol. The quantitative estimate of drug-likeness (QED) is 0.518. The van der Waals surface area contributed by atoms with Crippen LogP contribution in [-0.4, -0.2) is 29.1 Å². The molecule has 2 aromatic heterocycles. The monoisotopic (exact) mass is 377 g/mol. The highest BCUT2D eigenvalue weighted by Crippen LogP contribution is 2.33. The Morgan fingerprint density at radius 2 is 1.93 bits per heavy atom. The van der Waals surface area contributed by atoms with Gasteiger partial charge >= 0.3 is 0 Å². The van der Waals surface area contributed by atoms with E-state index in [0.717, 1.165) is 43.7 Å². The van der Waals surface area contributed by atoms with Crippen LogP contribution in [0.4, 0.5) is 10.9 Å². The van der Waals surface area contributed by atoms with Gasteiger partial charge in [0.1, 0.15) is 17.1 Å². The Labute approximate surface area is 161 Å². The van der Waals surface area contributed by atoms with Crippen molar-refractivity contribution in [3.63, 3.8) is 0 Å². The van der Waals surface area contributed by atoms with Crippen LogP contribution in [0.15, 0.2) is 54.9 Å². The minimum Gasteiger partial charge on any atom is -0.494 e. The van der Waals surface area contributed by atoms with Gasteiger partial charge < -0.3 is 15.4 Å². The molecule has 4 rings (SSSR count). The summed E-state index contributed by atoms with van der Waals surface area (Å²) in [5.74, 6) is 1.50. The van der Waals surface area contributed by atoms with Crippen LogP contribution in [0.2, 0.25) is 0 Å². The average molecular weight is 377 g/mol. The molecule has 136 valence electrons. The van der Waals surface area contributed by atoms with Crippen LogP contribution in [0.1, 0.15) is 5.56 Å². The minimum atomic E-state index is 0.617. The zero-order chi connectivity index (χ0) is 18.6. The summed E-state index contributed by atoms with van der Waals surface area (Å²) < 4.78 is 6.60. The smallest absolute Gasteiger partial charge is 0.183 e. The van der Waals surface area contributed by atoms with Gasteiger partial charge in [-0.1, -0.05) is 41.7 Å². The highest BCUT2D eigenvalue weighted by molar-refractivity contribution is 7.22. The molecule has 0 aliphatic heterocycles. The van der Waals surface area contributed by atoms with E-state index in [1.54, 1.807) is 30.8 Å². The van der Waals surface area contributed by atoms with Crippen LogP contribution < -0.4 is 15.4 Å². The lowest BCUT2D eigenvalue weighted by Gasteiger charge is -2.09. The molecular formula is C20H19N5OS. The number of thiazole rings is 1. The second kappa shape index (κ2) is 7.59. The Bertz CT molecular complexity index is 1060. The lowest BCUT2D eigenvalue weighted by atomic mass is 10.2. The molecule has 0 unspecified atom stereocenters. The van der Waals surface area contributed by atoms with Crippen LogP contribution in [0.3, 0.4) is 0 Å². The van der Waals surface area contributed by atoms with Crippen LogP contribution >= 0.6 is 11.3 Å². The van der Waals surface area contributed by atoms with Crippen molar-refractivity contribution in [2.24, 2.45) is 0 Å². The van der Waals surface area contributed by atoms with Gasteiger partial charge in [-0.25, -0.2) is 9.97 Å². The first-order valence-electron chi connectivity index (χ1n) is 8.53. The Balaban J connectivity index is 1.57. The van der Waals surface area contributed by atoms with Crippen molar-refractivity contribution in [2.45, 2.75) is 6.54 Å². The summed E-state index contributed by atoms with van der Waals surface area (Å²) in [4.78, 5) is 13.5. The number of nitrogens with zero attached hydrogens (tertiary/aromatic N) is 3. The SMILES string of the molecule is CNc1nc2c(OC)cc(CNc3cncc(-c4ccccc4)n3)cc2s1. The standard InChI is InChI=1S/C20H19N5OS/c1-21-20-25-19-16(26-2)8-13(9-17(19)27-20)10-23-18-12-22-11-15(24-18)14-6-4-3-5-7-14/h3-9,11-12H,10H2,1-2H3,(H,21,25)(H,23,24). The lowest BCUT2D eigenvalue weighted by molar-refractivity contribution is 0.418. The first-order chi connectivity index (χ1) is 13.3. The maximum absolute atomic E-state index is 5.52. The second-order valence-electron chi connectivity index (χ2n) is 5.92. The van der Waals surface area contributed by atoms with Crippen molar-refractivity contribution in [1.29, 1.82) is 0 Å². The maximum atomic E-state index is 5.52. The molecule has 0 aliphatic rings. The summed E-state index contributed by atoms with van der Waals surface area (Å²) in [7, 11) is 3.53. The van der Waals surface area contributed by atoms with E-state index in [1.165, 1.54) is 0 Å². The van der Waals surface area contributed by atoms with Crippen LogP contribution in [-0.2, 0) is 6.54 Å². The zero-order valence-electron chi connectivity index (χ0n) is 15.1. The van der Waals surface area contributed by atoms with E-state index in [2.05, 4.69) is 31.7 Å². The molecule has 2 aromatic carbocycles. The van der Waals surface area contributed by atoms with Crippen LogP contribution in [0, 0.1) is 0 Å². The van der Waals surface area contributed by atoms with Crippen LogP contribution in [0.5, 0.6) is 5.75 Å². The summed E-state index contributed by atoms with van der Waals surface area (Å²) in [5, 5.41) is 7.30. The topological polar surface area (TPSA) is 72.0 Å². The Morgan fingerprint density at radius 3 is 2.70 bits per heavy atom. The fraction of sp³-hybridized carbons (Fsp3) is 0.150. The third-order valence-electron chi connectivity index (χ3n) is 4.13. The van der Waals surface area contributed by atoms with Gasteiger partial charge in [-0.2, -0.15) is 0 Å². The van der Waals surface area contributed by atoms with Gasteiger partial charge in [-0.15, -0.1) is 0 Å². The van der Waals surface area contributed by atoms with E-state index in [4.69, 9.17) is 4.74 Å². The number of fused-ring (bicyclic) bond motifs is 1. The van der Waals surface area contributed by atoms with E-state index in [0.29, 0.717) is 6.54 Å². The fourth-order valence-electron chi connectivity index (χ4n) is 2.81.